The lowest BCUT2D eigenvalue weighted by atomic mass is 10.1. The molecule has 3 amide bonds. The molecule has 3 N–H and O–H groups in total. The summed E-state index contributed by atoms with van der Waals surface area (Å²) in [7, 11) is -3.53. The Hall–Kier alpha value is -1.64. The number of hydrogen-bond acceptors (Lipinski definition) is 7. The number of amides is 3. The smallest absolute Gasteiger partial charge is 0.408 e. The molecule has 176 valence electrons. The van der Waals surface area contributed by atoms with Gasteiger partial charge in [-0.15, -0.1) is 0 Å². The molecule has 0 radical (unpaired) electrons. The van der Waals surface area contributed by atoms with Gasteiger partial charge in [-0.25, -0.2) is 4.79 Å². The van der Waals surface area contributed by atoms with E-state index >= 15 is 0 Å². The van der Waals surface area contributed by atoms with Crippen LogP contribution in [-0.4, -0.2) is 54.6 Å². The summed E-state index contributed by atoms with van der Waals surface area (Å²) in [5.41, 5.74) is -0.699. The molecule has 0 fully saturated rings. The molecule has 0 aliphatic heterocycles. The molecule has 30 heavy (non-hydrogen) atoms. The van der Waals surface area contributed by atoms with Gasteiger partial charge in [0.25, 0.3) is 0 Å². The van der Waals surface area contributed by atoms with E-state index in [0.717, 1.165) is 0 Å². The second-order valence-corrected chi connectivity index (χ2v) is 10.1. The third-order valence-electron chi connectivity index (χ3n) is 3.78. The van der Waals surface area contributed by atoms with E-state index in [4.69, 9.17) is 13.8 Å². The third kappa shape index (κ3) is 10.4. The summed E-state index contributed by atoms with van der Waals surface area (Å²) in [4.78, 5) is 37.0. The Morgan fingerprint density at radius 1 is 0.900 bits per heavy atom. The first kappa shape index (κ1) is 28.4. The van der Waals surface area contributed by atoms with Gasteiger partial charge in [0.1, 0.15) is 23.5 Å². The van der Waals surface area contributed by atoms with E-state index in [-0.39, 0.29) is 13.2 Å². The molecular formula is C19H38N3O7P. The van der Waals surface area contributed by atoms with Gasteiger partial charge in [-0.2, -0.15) is 0 Å². The molecule has 0 heterocycles. The molecule has 0 saturated carbocycles. The molecule has 0 rings (SSSR count). The van der Waals surface area contributed by atoms with E-state index in [1.54, 1.807) is 34.6 Å². The molecule has 0 aliphatic rings. The maximum Gasteiger partial charge on any atom is 0.408 e. The SMILES string of the molecule is CCC[C@H](NC(=O)OC(C)(C)C)C(=O)N[C@@H](C)C(=O)NC(C)P(=O)(OCC)OCC. The molecule has 0 spiro atoms. The third-order valence-corrected chi connectivity index (χ3v) is 6.09. The average molecular weight is 452 g/mol. The van der Waals surface area contributed by atoms with Crippen molar-refractivity contribution in [3.05, 3.63) is 0 Å². The fourth-order valence-electron chi connectivity index (χ4n) is 2.42. The Balaban J connectivity index is 4.98. The summed E-state index contributed by atoms with van der Waals surface area (Å²) in [6.45, 7) is 13.7. The van der Waals surface area contributed by atoms with Crippen molar-refractivity contribution in [2.75, 3.05) is 13.2 Å². The monoisotopic (exact) mass is 451 g/mol. The van der Waals surface area contributed by atoms with Crippen LogP contribution in [-0.2, 0) is 27.9 Å². The van der Waals surface area contributed by atoms with Gasteiger partial charge in [0.05, 0.1) is 13.2 Å². The minimum atomic E-state index is -3.53. The molecule has 10 nitrogen and oxygen atoms in total. The first-order valence-electron chi connectivity index (χ1n) is 10.3. The molecule has 0 aromatic carbocycles. The second-order valence-electron chi connectivity index (χ2n) is 7.78. The van der Waals surface area contributed by atoms with E-state index in [1.807, 2.05) is 6.92 Å². The summed E-state index contributed by atoms with van der Waals surface area (Å²) in [6, 6.07) is -1.79. The van der Waals surface area contributed by atoms with Gasteiger partial charge in [-0.05, 0) is 54.9 Å². The minimum Gasteiger partial charge on any atom is -0.444 e. The normalized spacial score (nSPS) is 14.9. The van der Waals surface area contributed by atoms with Gasteiger partial charge < -0.3 is 29.7 Å². The number of ether oxygens (including phenoxy) is 1. The number of hydrogen-bond donors (Lipinski definition) is 3. The Morgan fingerprint density at radius 2 is 1.43 bits per heavy atom. The van der Waals surface area contributed by atoms with Crippen LogP contribution in [0, 0.1) is 0 Å². The van der Waals surface area contributed by atoms with Crippen molar-refractivity contribution < 1.29 is 32.7 Å². The lowest BCUT2D eigenvalue weighted by molar-refractivity contribution is -0.129. The summed E-state index contributed by atoms with van der Waals surface area (Å²) in [5.74, 6) is -1.96. The maximum atomic E-state index is 12.7. The minimum absolute atomic E-state index is 0.165. The van der Waals surface area contributed by atoms with E-state index in [1.165, 1.54) is 13.8 Å². The number of rotatable bonds is 12. The molecule has 0 aromatic heterocycles. The van der Waals surface area contributed by atoms with Crippen molar-refractivity contribution in [2.24, 2.45) is 0 Å². The first-order valence-corrected chi connectivity index (χ1v) is 11.9. The highest BCUT2D eigenvalue weighted by Crippen LogP contribution is 2.51. The van der Waals surface area contributed by atoms with Crippen LogP contribution in [0.5, 0.6) is 0 Å². The van der Waals surface area contributed by atoms with Crippen LogP contribution in [0.4, 0.5) is 4.79 Å². The maximum absolute atomic E-state index is 12.7. The standard InChI is InChI=1S/C19H38N3O7P/c1-9-12-15(22-18(25)29-19(6,7)8)17(24)20-13(4)16(23)21-14(5)30(26,27-10-2)28-11-3/h13-15H,9-12H2,1-8H3,(H,20,24)(H,21,23)(H,22,25)/t13-,14?,15-/m0/s1. The topological polar surface area (TPSA) is 132 Å². The molecule has 0 aromatic rings. The van der Waals surface area contributed by atoms with E-state index in [2.05, 4.69) is 16.0 Å². The van der Waals surface area contributed by atoms with Crippen molar-refractivity contribution in [3.8, 4) is 0 Å². The Kier molecular flexibility index (Phi) is 12.2. The molecule has 0 saturated heterocycles. The molecule has 1 unspecified atom stereocenters. The number of alkyl carbamates (subject to hydrolysis) is 1. The first-order chi connectivity index (χ1) is 13.8. The van der Waals surface area contributed by atoms with Crippen LogP contribution in [0.1, 0.15) is 68.2 Å². The molecule has 11 heteroatoms. The molecule has 3 atom stereocenters. The largest absolute Gasteiger partial charge is 0.444 e. The predicted octanol–water partition coefficient (Wildman–Crippen LogP) is 2.91. The number of carbonyl (C=O) groups is 3. The van der Waals surface area contributed by atoms with Crippen molar-refractivity contribution in [1.29, 1.82) is 0 Å². The van der Waals surface area contributed by atoms with Crippen LogP contribution in [0.25, 0.3) is 0 Å². The zero-order valence-electron chi connectivity index (χ0n) is 19.4. The van der Waals surface area contributed by atoms with Gasteiger partial charge in [0.15, 0.2) is 0 Å². The highest BCUT2D eigenvalue weighted by Gasteiger charge is 2.34. The van der Waals surface area contributed by atoms with Gasteiger partial charge in [-0.1, -0.05) is 13.3 Å². The Bertz CT molecular complexity index is 612. The molecule has 0 aliphatic carbocycles. The average Bonchev–Trinajstić information content (AvgIpc) is 2.59. The Labute approximate surface area is 179 Å². The Morgan fingerprint density at radius 3 is 1.87 bits per heavy atom. The summed E-state index contributed by atoms with van der Waals surface area (Å²) < 4.78 is 28.3. The zero-order chi connectivity index (χ0) is 23.5. The van der Waals surface area contributed by atoms with Crippen molar-refractivity contribution in [2.45, 2.75) is 91.7 Å². The quantitative estimate of drug-likeness (QED) is 0.389. The molecular weight excluding hydrogens is 413 g/mol. The lowest BCUT2D eigenvalue weighted by Gasteiger charge is -2.26. The molecule has 0 bridgehead atoms. The van der Waals surface area contributed by atoms with Gasteiger partial charge >= 0.3 is 13.7 Å². The van der Waals surface area contributed by atoms with Crippen molar-refractivity contribution in [3.63, 3.8) is 0 Å². The van der Waals surface area contributed by atoms with Crippen LogP contribution < -0.4 is 16.0 Å². The predicted molar refractivity (Wildman–Crippen MR) is 114 cm³/mol. The van der Waals surface area contributed by atoms with Crippen molar-refractivity contribution in [1.82, 2.24) is 16.0 Å². The van der Waals surface area contributed by atoms with Crippen LogP contribution in [0.2, 0.25) is 0 Å². The lowest BCUT2D eigenvalue weighted by Crippen LogP contribution is -2.54. The fraction of sp³-hybridized carbons (Fsp3) is 0.842. The highest BCUT2D eigenvalue weighted by molar-refractivity contribution is 7.54. The second kappa shape index (κ2) is 12.9. The van der Waals surface area contributed by atoms with Crippen LogP contribution in [0.3, 0.4) is 0 Å². The zero-order valence-corrected chi connectivity index (χ0v) is 20.3. The van der Waals surface area contributed by atoms with E-state index in [9.17, 15) is 18.9 Å². The van der Waals surface area contributed by atoms with Gasteiger partial charge in [-0.3, -0.25) is 14.2 Å². The van der Waals surface area contributed by atoms with Crippen molar-refractivity contribution >= 4 is 25.5 Å². The number of carbonyl (C=O) groups excluding carboxylic acids is 3. The van der Waals surface area contributed by atoms with E-state index in [0.29, 0.717) is 12.8 Å². The van der Waals surface area contributed by atoms with E-state index < -0.39 is 49.0 Å². The van der Waals surface area contributed by atoms with Crippen LogP contribution >= 0.6 is 7.60 Å². The summed E-state index contributed by atoms with van der Waals surface area (Å²) in [5, 5.41) is 7.65. The number of nitrogens with one attached hydrogen (secondary N) is 3. The highest BCUT2D eigenvalue weighted by atomic mass is 31.2. The summed E-state index contributed by atoms with van der Waals surface area (Å²) in [6.07, 6.45) is 0.299. The summed E-state index contributed by atoms with van der Waals surface area (Å²) >= 11 is 0. The van der Waals surface area contributed by atoms with Gasteiger partial charge in [0, 0.05) is 0 Å². The fourth-order valence-corrected chi connectivity index (χ4v) is 3.94. The van der Waals surface area contributed by atoms with Crippen LogP contribution in [0.15, 0.2) is 0 Å². The van der Waals surface area contributed by atoms with Gasteiger partial charge in [0.2, 0.25) is 11.8 Å².